The third kappa shape index (κ3) is 3.86. The number of benzene rings is 4. The highest BCUT2D eigenvalue weighted by atomic mass is 28.4. The molecule has 1 aliphatic rings. The van der Waals surface area contributed by atoms with Gasteiger partial charge >= 0.3 is 0 Å². The molecule has 0 amide bonds. The van der Waals surface area contributed by atoms with Gasteiger partial charge in [0.2, 0.25) is 0 Å². The lowest BCUT2D eigenvalue weighted by Gasteiger charge is -2.46. The fraction of sp³-hybridized carbons (Fsp3) is 0.233. The molecule has 0 heterocycles. The molecule has 0 aromatic heterocycles. The van der Waals surface area contributed by atoms with E-state index < -0.39 is 8.32 Å². The number of ketones is 1. The Morgan fingerprint density at radius 1 is 0.758 bits per heavy atom. The van der Waals surface area contributed by atoms with E-state index in [0.29, 0.717) is 12.8 Å². The van der Waals surface area contributed by atoms with Gasteiger partial charge in [0.25, 0.3) is 8.32 Å². The van der Waals surface area contributed by atoms with Gasteiger partial charge in [-0.25, -0.2) is 0 Å². The molecule has 1 unspecified atom stereocenters. The molecular weight excluding hydrogens is 420 g/mol. The van der Waals surface area contributed by atoms with E-state index in [1.54, 1.807) is 0 Å². The van der Waals surface area contributed by atoms with E-state index in [9.17, 15) is 4.79 Å². The molecule has 0 bridgehead atoms. The molecule has 4 aromatic rings. The minimum absolute atomic E-state index is 0.132. The molecule has 0 saturated carbocycles. The summed E-state index contributed by atoms with van der Waals surface area (Å²) in [6.45, 7) is 6.85. The van der Waals surface area contributed by atoms with Crippen molar-refractivity contribution in [3.05, 3.63) is 108 Å². The number of hydrogen-bond donors (Lipinski definition) is 0. The van der Waals surface area contributed by atoms with Crippen molar-refractivity contribution in [1.82, 2.24) is 0 Å². The average molecular weight is 451 g/mol. The van der Waals surface area contributed by atoms with Crippen LogP contribution in [0.2, 0.25) is 5.04 Å². The number of Topliss-reactive ketones (excluding diaryl/α,β-unsaturated/α-hetero) is 1. The van der Waals surface area contributed by atoms with E-state index in [2.05, 4.69) is 118 Å². The smallest absolute Gasteiger partial charge is 0.261 e. The minimum Gasteiger partial charge on any atom is -0.400 e. The van der Waals surface area contributed by atoms with Gasteiger partial charge in [-0.2, -0.15) is 0 Å². The quantitative estimate of drug-likeness (QED) is 0.358. The van der Waals surface area contributed by atoms with Crippen LogP contribution in [0.5, 0.6) is 0 Å². The number of carbonyl (C=O) groups excluding carboxylic acids is 1. The van der Waals surface area contributed by atoms with E-state index in [1.807, 2.05) is 0 Å². The third-order valence-corrected chi connectivity index (χ3v) is 11.9. The minimum atomic E-state index is -2.75. The van der Waals surface area contributed by atoms with Crippen LogP contribution in [0.1, 0.15) is 44.4 Å². The molecule has 0 saturated heterocycles. The first-order valence-corrected chi connectivity index (χ1v) is 13.6. The van der Waals surface area contributed by atoms with Crippen LogP contribution < -0.4 is 10.4 Å². The molecule has 5 rings (SSSR count). The molecule has 0 aliphatic heterocycles. The number of rotatable bonds is 4. The van der Waals surface area contributed by atoms with Gasteiger partial charge in [0.15, 0.2) is 0 Å². The highest BCUT2D eigenvalue weighted by molar-refractivity contribution is 6.99. The molecule has 0 spiro atoms. The van der Waals surface area contributed by atoms with Gasteiger partial charge in [0.05, 0.1) is 6.10 Å². The van der Waals surface area contributed by atoms with Gasteiger partial charge in [-0.3, -0.25) is 4.79 Å². The van der Waals surface area contributed by atoms with Crippen molar-refractivity contribution < 1.29 is 9.22 Å². The fourth-order valence-electron chi connectivity index (χ4n) is 5.37. The molecule has 0 radical (unpaired) electrons. The number of fused-ring (bicyclic) bond motifs is 2. The summed E-state index contributed by atoms with van der Waals surface area (Å²) in [5.41, 5.74) is 2.27. The van der Waals surface area contributed by atoms with E-state index in [1.165, 1.54) is 26.7 Å². The summed E-state index contributed by atoms with van der Waals surface area (Å²) in [6, 6.07) is 34.2. The summed E-state index contributed by atoms with van der Waals surface area (Å²) in [5, 5.41) is 4.72. The molecule has 166 valence electrons. The fourth-order valence-corrected chi connectivity index (χ4v) is 10.0. The third-order valence-electron chi connectivity index (χ3n) is 6.89. The summed E-state index contributed by atoms with van der Waals surface area (Å²) >= 11 is 0. The zero-order chi connectivity index (χ0) is 23.1. The van der Waals surface area contributed by atoms with Gasteiger partial charge in [0.1, 0.15) is 5.78 Å². The maximum Gasteiger partial charge on any atom is 0.261 e. The van der Waals surface area contributed by atoms with Crippen LogP contribution in [0.25, 0.3) is 10.8 Å². The standard InChI is InChI=1S/C30H30O2Si/c1-30(2,3)33(26-14-6-4-7-15-26,27-16-8-5-9-17-27)32-29-21-25(31)19-24-18-22-12-10-11-13-23(22)20-28(24)29/h4-18,20,29H,19,21H2,1-3H3. The highest BCUT2D eigenvalue weighted by Gasteiger charge is 2.52. The van der Waals surface area contributed by atoms with Crippen molar-refractivity contribution in [3.8, 4) is 0 Å². The average Bonchev–Trinajstić information content (AvgIpc) is 2.81. The largest absolute Gasteiger partial charge is 0.400 e. The molecule has 0 N–H and O–H groups in total. The van der Waals surface area contributed by atoms with Crippen LogP contribution in [-0.4, -0.2) is 14.1 Å². The second-order valence-corrected chi connectivity index (χ2v) is 14.3. The Morgan fingerprint density at radius 3 is 1.82 bits per heavy atom. The Labute approximate surface area is 197 Å². The Hall–Kier alpha value is -3.01. The molecule has 2 nitrogen and oxygen atoms in total. The first kappa shape index (κ1) is 21.8. The normalized spacial score (nSPS) is 16.6. The lowest BCUT2D eigenvalue weighted by Crippen LogP contribution is -2.67. The Kier molecular flexibility index (Phi) is 5.55. The predicted molar refractivity (Wildman–Crippen MR) is 139 cm³/mol. The van der Waals surface area contributed by atoms with E-state index in [0.717, 1.165) is 5.56 Å². The van der Waals surface area contributed by atoms with Crippen molar-refractivity contribution in [2.45, 2.75) is 44.8 Å². The maximum atomic E-state index is 12.9. The molecule has 1 atom stereocenters. The Morgan fingerprint density at radius 2 is 1.27 bits per heavy atom. The van der Waals surface area contributed by atoms with Crippen molar-refractivity contribution in [2.24, 2.45) is 0 Å². The summed E-state index contributed by atoms with van der Waals surface area (Å²) < 4.78 is 7.38. The Bertz CT molecular complexity index is 1250. The first-order chi connectivity index (χ1) is 15.9. The van der Waals surface area contributed by atoms with E-state index >= 15 is 0 Å². The number of carbonyl (C=O) groups is 1. The van der Waals surface area contributed by atoms with Gasteiger partial charge < -0.3 is 4.43 Å². The van der Waals surface area contributed by atoms with Gasteiger partial charge in [-0.05, 0) is 43.4 Å². The maximum absolute atomic E-state index is 12.9. The molecule has 1 aliphatic carbocycles. The van der Waals surface area contributed by atoms with Crippen LogP contribution in [-0.2, 0) is 15.6 Å². The van der Waals surface area contributed by atoms with Crippen LogP contribution in [0, 0.1) is 0 Å². The highest BCUT2D eigenvalue weighted by Crippen LogP contribution is 2.43. The van der Waals surface area contributed by atoms with Crippen molar-refractivity contribution >= 4 is 35.2 Å². The summed E-state index contributed by atoms with van der Waals surface area (Å²) in [6.07, 6.45) is 0.661. The second-order valence-electron chi connectivity index (χ2n) is 10.1. The summed E-state index contributed by atoms with van der Waals surface area (Å²) in [4.78, 5) is 12.9. The van der Waals surface area contributed by atoms with E-state index in [-0.39, 0.29) is 16.9 Å². The lowest BCUT2D eigenvalue weighted by molar-refractivity contribution is -0.120. The van der Waals surface area contributed by atoms with Gasteiger partial charge in [-0.15, -0.1) is 0 Å². The zero-order valence-corrected chi connectivity index (χ0v) is 20.5. The molecule has 33 heavy (non-hydrogen) atoms. The van der Waals surface area contributed by atoms with Gasteiger partial charge in [-0.1, -0.05) is 112 Å². The molecular formula is C30H30O2Si. The molecule has 0 fully saturated rings. The van der Waals surface area contributed by atoms with Crippen molar-refractivity contribution in [3.63, 3.8) is 0 Å². The van der Waals surface area contributed by atoms with Crippen LogP contribution in [0.3, 0.4) is 0 Å². The molecule has 4 aromatic carbocycles. The second kappa shape index (κ2) is 8.40. The van der Waals surface area contributed by atoms with Crippen LogP contribution in [0.4, 0.5) is 0 Å². The topological polar surface area (TPSA) is 26.3 Å². The SMILES string of the molecule is CC(C)(C)[Si](OC1CC(=O)Cc2cc3ccccc3cc21)(c1ccccc1)c1ccccc1. The molecule has 3 heteroatoms. The number of hydrogen-bond acceptors (Lipinski definition) is 2. The van der Waals surface area contributed by atoms with Crippen molar-refractivity contribution in [2.75, 3.05) is 0 Å². The van der Waals surface area contributed by atoms with Crippen LogP contribution >= 0.6 is 0 Å². The first-order valence-electron chi connectivity index (χ1n) is 11.7. The Balaban J connectivity index is 1.72. The van der Waals surface area contributed by atoms with Gasteiger partial charge in [0, 0.05) is 12.8 Å². The lowest BCUT2D eigenvalue weighted by atomic mass is 9.86. The summed E-state index contributed by atoms with van der Waals surface area (Å²) in [7, 11) is -2.75. The van der Waals surface area contributed by atoms with E-state index in [4.69, 9.17) is 4.43 Å². The summed E-state index contributed by atoms with van der Waals surface area (Å²) in [5.74, 6) is 0.251. The van der Waals surface area contributed by atoms with Crippen LogP contribution in [0.15, 0.2) is 97.1 Å². The zero-order valence-electron chi connectivity index (χ0n) is 19.5. The monoisotopic (exact) mass is 450 g/mol. The van der Waals surface area contributed by atoms with Crippen molar-refractivity contribution in [1.29, 1.82) is 0 Å². The predicted octanol–water partition coefficient (Wildman–Crippen LogP) is 5.97.